The number of non-ortho nitro benzene ring substituents is 1. The molecule has 1 amide bonds. The van der Waals surface area contributed by atoms with Crippen LogP contribution in [0, 0.1) is 16.0 Å². The van der Waals surface area contributed by atoms with Crippen molar-refractivity contribution < 1.29 is 14.2 Å². The zero-order valence-corrected chi connectivity index (χ0v) is 19.4. The summed E-state index contributed by atoms with van der Waals surface area (Å²) in [5.41, 5.74) is 0.729. The topological polar surface area (TPSA) is 114 Å². The first-order valence-corrected chi connectivity index (χ1v) is 11.2. The van der Waals surface area contributed by atoms with Crippen molar-refractivity contribution in [2.75, 3.05) is 18.4 Å². The van der Waals surface area contributed by atoms with E-state index in [1.165, 1.54) is 18.2 Å². The van der Waals surface area contributed by atoms with Crippen molar-refractivity contribution in [1.29, 1.82) is 0 Å². The third-order valence-corrected chi connectivity index (χ3v) is 6.25. The maximum absolute atomic E-state index is 12.7. The number of likely N-dealkylation sites (tertiary alicyclic amines) is 1. The molecule has 0 aliphatic carbocycles. The highest BCUT2D eigenvalue weighted by atomic mass is 35.5. The maximum Gasteiger partial charge on any atom is 0.271 e. The first kappa shape index (κ1) is 23.4. The van der Waals surface area contributed by atoms with Crippen LogP contribution in [-0.2, 0) is 11.3 Å². The molecule has 3 aromatic rings. The molecule has 0 unspecified atom stereocenters. The molecular formula is C21H18Cl3N5O4. The van der Waals surface area contributed by atoms with Crippen LogP contribution >= 0.6 is 34.8 Å². The van der Waals surface area contributed by atoms with E-state index in [0.29, 0.717) is 59.8 Å². The largest absolute Gasteiger partial charge is 0.338 e. The van der Waals surface area contributed by atoms with E-state index in [4.69, 9.17) is 39.3 Å². The summed E-state index contributed by atoms with van der Waals surface area (Å²) in [7, 11) is 0. The summed E-state index contributed by atoms with van der Waals surface area (Å²) in [6.07, 6.45) is 1.23. The molecule has 1 aliphatic rings. The highest BCUT2D eigenvalue weighted by molar-refractivity contribution is 6.36. The van der Waals surface area contributed by atoms with Crippen LogP contribution in [0.4, 0.5) is 11.4 Å². The van der Waals surface area contributed by atoms with Crippen molar-refractivity contribution in [3.63, 3.8) is 0 Å². The average molecular weight is 511 g/mol. The molecule has 33 heavy (non-hydrogen) atoms. The summed E-state index contributed by atoms with van der Waals surface area (Å²) >= 11 is 18.2. The van der Waals surface area contributed by atoms with Gasteiger partial charge in [0.25, 0.3) is 5.69 Å². The Kier molecular flexibility index (Phi) is 7.14. The van der Waals surface area contributed by atoms with Gasteiger partial charge in [0.05, 0.1) is 27.2 Å². The monoisotopic (exact) mass is 509 g/mol. The predicted octanol–water partition coefficient (Wildman–Crippen LogP) is 5.46. The molecular weight excluding hydrogens is 493 g/mol. The number of nitro benzene ring substituents is 1. The third-order valence-electron chi connectivity index (χ3n) is 5.38. The molecule has 4 rings (SSSR count). The number of anilines is 1. The lowest BCUT2D eigenvalue weighted by molar-refractivity contribution is -0.384. The number of amides is 1. The van der Waals surface area contributed by atoms with E-state index in [9.17, 15) is 14.9 Å². The normalized spacial score (nSPS) is 14.9. The molecule has 0 saturated carbocycles. The van der Waals surface area contributed by atoms with E-state index in [-0.39, 0.29) is 28.2 Å². The van der Waals surface area contributed by atoms with Gasteiger partial charge < -0.3 is 9.84 Å². The molecule has 2 heterocycles. The van der Waals surface area contributed by atoms with Gasteiger partial charge in [-0.2, -0.15) is 4.98 Å². The molecule has 1 N–H and O–H groups in total. The van der Waals surface area contributed by atoms with Crippen LogP contribution in [0.3, 0.4) is 0 Å². The van der Waals surface area contributed by atoms with Gasteiger partial charge in [0, 0.05) is 28.6 Å². The van der Waals surface area contributed by atoms with Gasteiger partial charge in [-0.15, -0.1) is 0 Å². The molecule has 9 nitrogen and oxygen atoms in total. The molecule has 1 fully saturated rings. The van der Waals surface area contributed by atoms with Crippen LogP contribution in [-0.4, -0.2) is 39.0 Å². The number of nitrogens with one attached hydrogen (secondary N) is 1. The number of rotatable bonds is 6. The van der Waals surface area contributed by atoms with Crippen molar-refractivity contribution in [1.82, 2.24) is 15.0 Å². The maximum atomic E-state index is 12.7. The Balaban J connectivity index is 1.32. The SMILES string of the molecule is O=C(Nc1cc([N+](=O)[O-])ccc1Cl)C1CCN(Cc2nc(-c3ccc(Cl)cc3Cl)no2)CC1. The number of hydrogen-bond donors (Lipinski definition) is 1. The minimum absolute atomic E-state index is 0.136. The van der Waals surface area contributed by atoms with Crippen molar-refractivity contribution in [2.45, 2.75) is 19.4 Å². The summed E-state index contributed by atoms with van der Waals surface area (Å²) in [5, 5.41) is 18.9. The number of piperidine rings is 1. The lowest BCUT2D eigenvalue weighted by Gasteiger charge is -2.30. The van der Waals surface area contributed by atoms with Crippen LogP contribution in [0.25, 0.3) is 11.4 Å². The van der Waals surface area contributed by atoms with Crippen molar-refractivity contribution in [3.8, 4) is 11.4 Å². The van der Waals surface area contributed by atoms with Crippen LogP contribution in [0.5, 0.6) is 0 Å². The van der Waals surface area contributed by atoms with E-state index in [2.05, 4.69) is 20.4 Å². The zero-order valence-electron chi connectivity index (χ0n) is 17.1. The number of carbonyl (C=O) groups is 1. The van der Waals surface area contributed by atoms with E-state index >= 15 is 0 Å². The second kappa shape index (κ2) is 10.0. The fourth-order valence-corrected chi connectivity index (χ4v) is 4.26. The van der Waals surface area contributed by atoms with Crippen LogP contribution in [0.1, 0.15) is 18.7 Å². The van der Waals surface area contributed by atoms with Gasteiger partial charge >= 0.3 is 0 Å². The Bertz CT molecular complexity index is 1190. The van der Waals surface area contributed by atoms with E-state index in [1.807, 2.05) is 0 Å². The third kappa shape index (κ3) is 5.62. The minimum Gasteiger partial charge on any atom is -0.338 e. The van der Waals surface area contributed by atoms with Gasteiger partial charge in [-0.05, 0) is 50.2 Å². The Morgan fingerprint density at radius 2 is 1.91 bits per heavy atom. The van der Waals surface area contributed by atoms with E-state index in [1.54, 1.807) is 18.2 Å². The van der Waals surface area contributed by atoms with E-state index < -0.39 is 4.92 Å². The van der Waals surface area contributed by atoms with Crippen molar-refractivity contribution in [3.05, 3.63) is 67.5 Å². The van der Waals surface area contributed by atoms with Gasteiger partial charge in [-0.25, -0.2) is 0 Å². The number of aromatic nitrogens is 2. The smallest absolute Gasteiger partial charge is 0.271 e. The summed E-state index contributed by atoms with van der Waals surface area (Å²) in [6.45, 7) is 1.75. The molecule has 172 valence electrons. The number of carbonyl (C=O) groups excluding carboxylic acids is 1. The predicted molar refractivity (Wildman–Crippen MR) is 124 cm³/mol. The fraction of sp³-hybridized carbons (Fsp3) is 0.286. The Hall–Kier alpha value is -2.72. The summed E-state index contributed by atoms with van der Waals surface area (Å²) in [5.74, 6) is 0.384. The lowest BCUT2D eigenvalue weighted by atomic mass is 9.96. The lowest BCUT2D eigenvalue weighted by Crippen LogP contribution is -2.37. The first-order chi connectivity index (χ1) is 15.8. The van der Waals surface area contributed by atoms with Gasteiger partial charge in [-0.3, -0.25) is 19.8 Å². The standard InChI is InChI=1S/C21H18Cl3N5O4/c22-13-1-3-15(17(24)9-13)20-26-19(33-27-20)11-28-7-5-12(6-8-28)21(30)25-18-10-14(29(31)32)2-4-16(18)23/h1-4,9-10,12H,5-8,11H2,(H,25,30). The molecule has 0 radical (unpaired) electrons. The molecule has 0 spiro atoms. The van der Waals surface area contributed by atoms with Gasteiger partial charge in [0.1, 0.15) is 0 Å². The van der Waals surface area contributed by atoms with E-state index in [0.717, 1.165) is 0 Å². The number of benzene rings is 2. The fourth-order valence-electron chi connectivity index (χ4n) is 3.60. The number of nitro groups is 1. The minimum atomic E-state index is -0.533. The van der Waals surface area contributed by atoms with Gasteiger partial charge in [0.15, 0.2) is 0 Å². The average Bonchev–Trinajstić information content (AvgIpc) is 3.23. The van der Waals surface area contributed by atoms with Crippen LogP contribution < -0.4 is 5.32 Å². The zero-order chi connectivity index (χ0) is 23.5. The Morgan fingerprint density at radius 1 is 1.15 bits per heavy atom. The molecule has 0 atom stereocenters. The highest BCUT2D eigenvalue weighted by Crippen LogP contribution is 2.30. The number of nitrogens with zero attached hydrogens (tertiary/aromatic N) is 4. The highest BCUT2D eigenvalue weighted by Gasteiger charge is 2.27. The Labute approximate surface area is 203 Å². The first-order valence-electron chi connectivity index (χ1n) is 10.1. The Morgan fingerprint density at radius 3 is 2.61 bits per heavy atom. The summed E-state index contributed by atoms with van der Waals surface area (Å²) in [6, 6.07) is 9.00. The van der Waals surface area contributed by atoms with Crippen molar-refractivity contribution in [2.24, 2.45) is 5.92 Å². The number of halogens is 3. The summed E-state index contributed by atoms with van der Waals surface area (Å²) < 4.78 is 5.36. The van der Waals surface area contributed by atoms with Crippen molar-refractivity contribution >= 4 is 52.1 Å². The molecule has 2 aromatic carbocycles. The van der Waals surface area contributed by atoms with Gasteiger partial charge in [-0.1, -0.05) is 40.0 Å². The quantitative estimate of drug-likeness (QED) is 0.346. The van der Waals surface area contributed by atoms with Gasteiger partial charge in [0.2, 0.25) is 17.6 Å². The summed E-state index contributed by atoms with van der Waals surface area (Å²) in [4.78, 5) is 29.6. The van der Waals surface area contributed by atoms with Crippen LogP contribution in [0.2, 0.25) is 15.1 Å². The molecule has 1 saturated heterocycles. The molecule has 1 aliphatic heterocycles. The molecule has 12 heteroatoms. The molecule has 1 aromatic heterocycles. The number of hydrogen-bond acceptors (Lipinski definition) is 7. The second-order valence-electron chi connectivity index (χ2n) is 7.60. The van der Waals surface area contributed by atoms with Crippen LogP contribution in [0.15, 0.2) is 40.9 Å². The molecule has 0 bridgehead atoms. The second-order valence-corrected chi connectivity index (χ2v) is 8.85.